The van der Waals surface area contributed by atoms with Crippen LogP contribution in [0.1, 0.15) is 19.9 Å². The molecular formula is C30H26N8O2. The SMILES string of the molecule is CC(C)n1cc(NC(=O)Nc2ccc(Oc3ccnc(-c4cn[nH]c4)c3)cc2)c(-c2ccc3ncccc3c2)n1. The second-order valence-electron chi connectivity index (χ2n) is 9.45. The number of nitrogens with zero attached hydrogens (tertiary/aromatic N) is 5. The Morgan fingerprint density at radius 3 is 2.60 bits per heavy atom. The minimum Gasteiger partial charge on any atom is -0.457 e. The Morgan fingerprint density at radius 2 is 1.80 bits per heavy atom. The van der Waals surface area contributed by atoms with Crippen molar-refractivity contribution < 1.29 is 9.53 Å². The van der Waals surface area contributed by atoms with Gasteiger partial charge < -0.3 is 15.4 Å². The Morgan fingerprint density at radius 1 is 0.925 bits per heavy atom. The first-order valence-corrected chi connectivity index (χ1v) is 12.8. The van der Waals surface area contributed by atoms with E-state index in [-0.39, 0.29) is 12.1 Å². The molecule has 2 aromatic carbocycles. The van der Waals surface area contributed by atoms with Gasteiger partial charge in [-0.25, -0.2) is 4.79 Å². The number of pyridine rings is 2. The zero-order valence-electron chi connectivity index (χ0n) is 21.9. The van der Waals surface area contributed by atoms with Gasteiger partial charge in [0.1, 0.15) is 17.2 Å². The number of fused-ring (bicyclic) bond motifs is 1. The first kappa shape index (κ1) is 24.8. The number of amides is 2. The number of nitrogens with one attached hydrogen (secondary N) is 3. The lowest BCUT2D eigenvalue weighted by Crippen LogP contribution is -2.19. The molecule has 10 nitrogen and oxygen atoms in total. The lowest BCUT2D eigenvalue weighted by Gasteiger charge is -2.10. The smallest absolute Gasteiger partial charge is 0.323 e. The van der Waals surface area contributed by atoms with Crippen LogP contribution in [0, 0.1) is 0 Å². The number of carbonyl (C=O) groups is 1. The molecule has 0 saturated heterocycles. The van der Waals surface area contributed by atoms with Gasteiger partial charge in [-0.3, -0.25) is 19.7 Å². The molecule has 0 unspecified atom stereocenters. The van der Waals surface area contributed by atoms with Gasteiger partial charge in [0.25, 0.3) is 0 Å². The predicted molar refractivity (Wildman–Crippen MR) is 154 cm³/mol. The van der Waals surface area contributed by atoms with Crippen LogP contribution in [-0.4, -0.2) is 36.0 Å². The van der Waals surface area contributed by atoms with Crippen LogP contribution in [0.5, 0.6) is 11.5 Å². The molecule has 0 fully saturated rings. The van der Waals surface area contributed by atoms with Crippen molar-refractivity contribution in [1.82, 2.24) is 29.9 Å². The highest BCUT2D eigenvalue weighted by molar-refractivity contribution is 6.02. The van der Waals surface area contributed by atoms with Crippen LogP contribution >= 0.6 is 0 Å². The second kappa shape index (κ2) is 10.7. The number of aromatic nitrogens is 6. The fraction of sp³-hybridized carbons (Fsp3) is 0.100. The highest BCUT2D eigenvalue weighted by Gasteiger charge is 2.16. The Labute approximate surface area is 230 Å². The molecule has 40 heavy (non-hydrogen) atoms. The quantitative estimate of drug-likeness (QED) is 0.206. The number of H-pyrrole nitrogens is 1. The summed E-state index contributed by atoms with van der Waals surface area (Å²) >= 11 is 0. The van der Waals surface area contributed by atoms with E-state index in [1.165, 1.54) is 0 Å². The zero-order chi connectivity index (χ0) is 27.5. The molecule has 0 aliphatic carbocycles. The summed E-state index contributed by atoms with van der Waals surface area (Å²) in [7, 11) is 0. The molecule has 3 N–H and O–H groups in total. The van der Waals surface area contributed by atoms with Crippen molar-refractivity contribution in [2.75, 3.05) is 10.6 Å². The summed E-state index contributed by atoms with van der Waals surface area (Å²) in [6.07, 6.45) is 8.77. The Kier molecular flexibility index (Phi) is 6.63. The maximum atomic E-state index is 13.0. The molecule has 0 atom stereocenters. The lowest BCUT2D eigenvalue weighted by molar-refractivity contribution is 0.262. The topological polar surface area (TPSA) is 123 Å². The van der Waals surface area contributed by atoms with Crippen molar-refractivity contribution in [2.45, 2.75) is 19.9 Å². The molecule has 6 aromatic rings. The van der Waals surface area contributed by atoms with Gasteiger partial charge in [0.2, 0.25) is 0 Å². The Balaban J connectivity index is 1.15. The molecule has 0 bridgehead atoms. The molecule has 4 heterocycles. The van der Waals surface area contributed by atoms with E-state index in [1.54, 1.807) is 55.1 Å². The molecule has 4 aromatic heterocycles. The van der Waals surface area contributed by atoms with Crippen LogP contribution in [-0.2, 0) is 0 Å². The minimum absolute atomic E-state index is 0.128. The molecule has 10 heteroatoms. The van der Waals surface area contributed by atoms with E-state index in [0.29, 0.717) is 28.6 Å². The number of hydrogen-bond acceptors (Lipinski definition) is 6. The molecule has 0 spiro atoms. The van der Waals surface area contributed by atoms with Crippen molar-refractivity contribution in [3.63, 3.8) is 0 Å². The maximum Gasteiger partial charge on any atom is 0.323 e. The summed E-state index contributed by atoms with van der Waals surface area (Å²) in [6, 6.07) is 20.4. The van der Waals surface area contributed by atoms with Crippen LogP contribution in [0.4, 0.5) is 16.2 Å². The van der Waals surface area contributed by atoms with Gasteiger partial charge in [-0.15, -0.1) is 0 Å². The summed E-state index contributed by atoms with van der Waals surface area (Å²) in [5, 5.41) is 18.3. The molecule has 0 aliphatic heterocycles. The van der Waals surface area contributed by atoms with Gasteiger partial charge in [0.05, 0.1) is 23.1 Å². The summed E-state index contributed by atoms with van der Waals surface area (Å²) in [6.45, 7) is 4.08. The number of hydrogen-bond donors (Lipinski definition) is 3. The van der Waals surface area contributed by atoms with Crippen LogP contribution < -0.4 is 15.4 Å². The van der Waals surface area contributed by atoms with Crippen molar-refractivity contribution >= 4 is 28.3 Å². The largest absolute Gasteiger partial charge is 0.457 e. The fourth-order valence-electron chi connectivity index (χ4n) is 4.23. The molecule has 198 valence electrons. The van der Waals surface area contributed by atoms with E-state index < -0.39 is 0 Å². The number of carbonyl (C=O) groups excluding carboxylic acids is 1. The minimum atomic E-state index is -0.375. The first-order valence-electron chi connectivity index (χ1n) is 12.8. The molecule has 2 amide bonds. The summed E-state index contributed by atoms with van der Waals surface area (Å²) in [5.74, 6) is 1.27. The van der Waals surface area contributed by atoms with E-state index >= 15 is 0 Å². The van der Waals surface area contributed by atoms with Gasteiger partial charge in [0.15, 0.2) is 0 Å². The van der Waals surface area contributed by atoms with Crippen LogP contribution in [0.15, 0.2) is 97.7 Å². The maximum absolute atomic E-state index is 13.0. The van der Waals surface area contributed by atoms with E-state index in [1.807, 2.05) is 61.1 Å². The van der Waals surface area contributed by atoms with Gasteiger partial charge in [-0.2, -0.15) is 10.2 Å². The number of anilines is 2. The highest BCUT2D eigenvalue weighted by Crippen LogP contribution is 2.31. The number of urea groups is 1. The van der Waals surface area contributed by atoms with Crippen molar-refractivity contribution in [3.8, 4) is 34.0 Å². The zero-order valence-corrected chi connectivity index (χ0v) is 21.9. The van der Waals surface area contributed by atoms with Crippen molar-refractivity contribution in [2.24, 2.45) is 0 Å². The summed E-state index contributed by atoms with van der Waals surface area (Å²) < 4.78 is 7.81. The van der Waals surface area contributed by atoms with E-state index in [4.69, 9.17) is 9.84 Å². The van der Waals surface area contributed by atoms with Crippen molar-refractivity contribution in [1.29, 1.82) is 0 Å². The van der Waals surface area contributed by atoms with E-state index in [2.05, 4.69) is 30.8 Å². The third-order valence-corrected chi connectivity index (χ3v) is 6.26. The number of aromatic amines is 1. The molecular weight excluding hydrogens is 504 g/mol. The monoisotopic (exact) mass is 530 g/mol. The highest BCUT2D eigenvalue weighted by atomic mass is 16.5. The van der Waals surface area contributed by atoms with Crippen molar-refractivity contribution in [3.05, 3.63) is 97.7 Å². The first-order chi connectivity index (χ1) is 19.5. The third-order valence-electron chi connectivity index (χ3n) is 6.26. The standard InChI is InChI=1S/C30H26N8O2/c1-19(2)38-18-28(29(37-38)21-5-10-26-20(14-21)4-3-12-31-26)36-30(39)35-23-6-8-24(9-7-23)40-25-11-13-32-27(15-25)22-16-33-34-17-22/h3-19H,1-2H3,(H,33,34)(H2,35,36,39). The third kappa shape index (κ3) is 5.37. The van der Waals surface area contributed by atoms with Gasteiger partial charge in [0, 0.05) is 59.1 Å². The summed E-state index contributed by atoms with van der Waals surface area (Å²) in [4.78, 5) is 21.7. The molecule has 0 aliphatic rings. The van der Waals surface area contributed by atoms with Crippen LogP contribution in [0.25, 0.3) is 33.4 Å². The Hall–Kier alpha value is -5.51. The Bertz CT molecular complexity index is 1780. The average Bonchev–Trinajstić information content (AvgIpc) is 3.65. The number of ether oxygens (including phenoxy) is 1. The van der Waals surface area contributed by atoms with E-state index in [9.17, 15) is 4.79 Å². The second-order valence-corrected chi connectivity index (χ2v) is 9.45. The predicted octanol–water partition coefficient (Wildman–Crippen LogP) is 6.90. The van der Waals surface area contributed by atoms with Crippen LogP contribution in [0.2, 0.25) is 0 Å². The normalized spacial score (nSPS) is 11.1. The molecule has 0 radical (unpaired) electrons. The summed E-state index contributed by atoms with van der Waals surface area (Å²) in [5.41, 5.74) is 5.33. The number of rotatable bonds is 7. The van der Waals surface area contributed by atoms with Gasteiger partial charge in [-0.1, -0.05) is 12.1 Å². The molecule has 0 saturated carbocycles. The van der Waals surface area contributed by atoms with Gasteiger partial charge in [-0.05, 0) is 62.4 Å². The van der Waals surface area contributed by atoms with Crippen LogP contribution in [0.3, 0.4) is 0 Å². The lowest BCUT2D eigenvalue weighted by atomic mass is 10.1. The van der Waals surface area contributed by atoms with Gasteiger partial charge >= 0.3 is 6.03 Å². The molecule has 6 rings (SSSR count). The fourth-order valence-corrected chi connectivity index (χ4v) is 4.23. The van der Waals surface area contributed by atoms with E-state index in [0.717, 1.165) is 27.7 Å². The average molecular weight is 531 g/mol. The number of benzene rings is 2.